The molecule has 0 aliphatic carbocycles. The van der Waals surface area contributed by atoms with E-state index in [-0.39, 0.29) is 16.5 Å². The molecule has 47 heavy (non-hydrogen) atoms. The number of benzene rings is 3. The maximum absolute atomic E-state index is 13.8. The Bertz CT molecular complexity index is 1730. The van der Waals surface area contributed by atoms with Gasteiger partial charge in [0.15, 0.2) is 15.8 Å². The third kappa shape index (κ3) is 8.09. The van der Waals surface area contributed by atoms with Gasteiger partial charge in [0.2, 0.25) is 5.13 Å². The molecule has 0 saturated carbocycles. The molecule has 1 atom stereocenters. The van der Waals surface area contributed by atoms with Crippen molar-refractivity contribution in [3.05, 3.63) is 94.0 Å². The minimum atomic E-state index is -1.00. The number of hydrogen-bond acceptors (Lipinski definition) is 10. The fraction of sp³-hybridized carbons (Fsp3) is 0.314. The number of aromatic nitrogens is 2. The first-order chi connectivity index (χ1) is 22.8. The molecular formula is C35H36ClN3O6S2. The summed E-state index contributed by atoms with van der Waals surface area (Å²) >= 11 is 8.68. The molecule has 1 aliphatic rings. The lowest BCUT2D eigenvalue weighted by Gasteiger charge is -2.23. The molecule has 1 unspecified atom stereocenters. The zero-order valence-electron chi connectivity index (χ0n) is 26.4. The smallest absolute Gasteiger partial charge is 0.301 e. The van der Waals surface area contributed by atoms with Crippen molar-refractivity contribution in [2.75, 3.05) is 24.7 Å². The number of thioether (sulfide) groups is 1. The molecule has 9 nitrogen and oxygen atoms in total. The molecule has 0 radical (unpaired) electrons. The minimum absolute atomic E-state index is 0.0659. The summed E-state index contributed by atoms with van der Waals surface area (Å²) in [6.45, 7) is 7.27. The van der Waals surface area contributed by atoms with Gasteiger partial charge in [0.25, 0.3) is 5.78 Å². The standard InChI is InChI=1S/C35H36ClN3O6S2/c1-4-7-8-19-45-27-18-13-24(20-28(27)44-6-3)30-29(31(40)23-11-16-26(17-12-23)43-5-2)32(41)33(42)39(30)34-37-38-35(47-34)46-21-22-9-14-25(36)15-10-22/h9-18,20,30,40H,4-8,19,21H2,1-3H3/b31-29+. The third-order valence-corrected chi connectivity index (χ3v) is 9.73. The Balaban J connectivity index is 1.54. The van der Waals surface area contributed by atoms with Crippen molar-refractivity contribution in [2.45, 2.75) is 56.2 Å². The molecule has 5 rings (SSSR count). The molecule has 3 aromatic carbocycles. The number of carbonyl (C=O) groups excluding carboxylic acids is 2. The zero-order valence-corrected chi connectivity index (χ0v) is 28.8. The van der Waals surface area contributed by atoms with E-state index in [0.29, 0.717) is 63.3 Å². The first kappa shape index (κ1) is 34.3. The number of ether oxygens (including phenoxy) is 3. The number of Topliss-reactive ketones (excluding diaryl/α,β-unsaturated/α-hetero) is 1. The maximum atomic E-state index is 13.8. The van der Waals surface area contributed by atoms with Crippen LogP contribution in [0.2, 0.25) is 5.02 Å². The van der Waals surface area contributed by atoms with Crippen LogP contribution in [0, 0.1) is 0 Å². The average molecular weight is 694 g/mol. The lowest BCUT2D eigenvalue weighted by atomic mass is 9.95. The lowest BCUT2D eigenvalue weighted by molar-refractivity contribution is -0.132. The molecular weight excluding hydrogens is 658 g/mol. The molecule has 2 heterocycles. The van der Waals surface area contributed by atoms with Gasteiger partial charge in [-0.2, -0.15) is 0 Å². The Morgan fingerprint density at radius 1 is 0.915 bits per heavy atom. The summed E-state index contributed by atoms with van der Waals surface area (Å²) in [6.07, 6.45) is 3.02. The van der Waals surface area contributed by atoms with Gasteiger partial charge in [0.1, 0.15) is 11.5 Å². The molecule has 1 aliphatic heterocycles. The molecule has 1 aromatic heterocycles. The first-order valence-electron chi connectivity index (χ1n) is 15.5. The van der Waals surface area contributed by atoms with Crippen LogP contribution in [-0.2, 0) is 15.3 Å². The van der Waals surface area contributed by atoms with Crippen molar-refractivity contribution in [3.8, 4) is 17.2 Å². The Labute approximate surface area is 287 Å². The van der Waals surface area contributed by atoms with Gasteiger partial charge in [-0.25, -0.2) is 0 Å². The van der Waals surface area contributed by atoms with E-state index in [9.17, 15) is 14.7 Å². The number of hydrogen-bond donors (Lipinski definition) is 1. The monoisotopic (exact) mass is 693 g/mol. The van der Waals surface area contributed by atoms with E-state index >= 15 is 0 Å². The number of aliphatic hydroxyl groups is 1. The Kier molecular flexibility index (Phi) is 11.8. The Morgan fingerprint density at radius 2 is 1.66 bits per heavy atom. The van der Waals surface area contributed by atoms with E-state index in [1.807, 2.05) is 38.1 Å². The number of halogens is 1. The molecule has 0 spiro atoms. The number of unbranched alkanes of at least 4 members (excludes halogenated alkanes) is 2. The summed E-state index contributed by atoms with van der Waals surface area (Å²) in [4.78, 5) is 28.8. The summed E-state index contributed by atoms with van der Waals surface area (Å²) in [6, 6.07) is 18.5. The average Bonchev–Trinajstić information content (AvgIpc) is 3.65. The van der Waals surface area contributed by atoms with Gasteiger partial charge >= 0.3 is 5.91 Å². The van der Waals surface area contributed by atoms with Crippen LogP contribution in [0.15, 0.2) is 76.6 Å². The highest BCUT2D eigenvalue weighted by Crippen LogP contribution is 2.46. The lowest BCUT2D eigenvalue weighted by Crippen LogP contribution is -2.29. The Morgan fingerprint density at radius 3 is 2.36 bits per heavy atom. The van der Waals surface area contributed by atoms with E-state index in [1.54, 1.807) is 42.5 Å². The van der Waals surface area contributed by atoms with Gasteiger partial charge in [-0.1, -0.05) is 72.7 Å². The van der Waals surface area contributed by atoms with Crippen LogP contribution in [-0.4, -0.2) is 46.8 Å². The van der Waals surface area contributed by atoms with Gasteiger partial charge in [-0.3, -0.25) is 14.5 Å². The van der Waals surface area contributed by atoms with E-state index in [0.717, 1.165) is 24.8 Å². The number of amides is 1. The predicted octanol–water partition coefficient (Wildman–Crippen LogP) is 8.48. The number of rotatable bonds is 15. The maximum Gasteiger partial charge on any atom is 0.301 e. The summed E-state index contributed by atoms with van der Waals surface area (Å²) in [5.41, 5.74) is 1.90. The zero-order chi connectivity index (χ0) is 33.3. The number of nitrogens with zero attached hydrogens (tertiary/aromatic N) is 3. The van der Waals surface area contributed by atoms with Crippen molar-refractivity contribution < 1.29 is 28.9 Å². The van der Waals surface area contributed by atoms with Crippen molar-refractivity contribution in [1.82, 2.24) is 10.2 Å². The van der Waals surface area contributed by atoms with Crippen LogP contribution in [0.25, 0.3) is 5.76 Å². The molecule has 1 N–H and O–H groups in total. The molecule has 12 heteroatoms. The van der Waals surface area contributed by atoms with Crippen LogP contribution >= 0.6 is 34.7 Å². The van der Waals surface area contributed by atoms with Gasteiger partial charge in [-0.15, -0.1) is 10.2 Å². The fourth-order valence-corrected chi connectivity index (χ4v) is 7.03. The van der Waals surface area contributed by atoms with Crippen LogP contribution in [0.5, 0.6) is 17.2 Å². The molecule has 1 fully saturated rings. The third-order valence-electron chi connectivity index (χ3n) is 7.35. The van der Waals surface area contributed by atoms with Crippen LogP contribution in [0.3, 0.4) is 0 Å². The molecule has 1 amide bonds. The number of aliphatic hydroxyl groups excluding tert-OH is 1. The highest BCUT2D eigenvalue weighted by atomic mass is 35.5. The number of anilines is 1. The van der Waals surface area contributed by atoms with E-state index in [4.69, 9.17) is 25.8 Å². The summed E-state index contributed by atoms with van der Waals surface area (Å²) in [7, 11) is 0. The topological polar surface area (TPSA) is 111 Å². The van der Waals surface area contributed by atoms with E-state index in [2.05, 4.69) is 17.1 Å². The quantitative estimate of drug-likeness (QED) is 0.0327. The van der Waals surface area contributed by atoms with Crippen molar-refractivity contribution in [2.24, 2.45) is 0 Å². The van der Waals surface area contributed by atoms with Gasteiger partial charge in [0.05, 0.1) is 31.4 Å². The van der Waals surface area contributed by atoms with Crippen LogP contribution in [0.4, 0.5) is 5.13 Å². The first-order valence-corrected chi connectivity index (χ1v) is 17.7. The Hall–Kier alpha value is -4.06. The number of ketones is 1. The normalized spacial score (nSPS) is 15.7. The molecule has 0 bridgehead atoms. The second kappa shape index (κ2) is 16.2. The highest BCUT2D eigenvalue weighted by molar-refractivity contribution is 8.00. The molecule has 246 valence electrons. The number of carbonyl (C=O) groups is 2. The highest BCUT2D eigenvalue weighted by Gasteiger charge is 2.48. The van der Waals surface area contributed by atoms with E-state index in [1.165, 1.54) is 28.0 Å². The van der Waals surface area contributed by atoms with Crippen LogP contribution < -0.4 is 19.1 Å². The van der Waals surface area contributed by atoms with Crippen molar-refractivity contribution in [1.29, 1.82) is 0 Å². The molecule has 1 saturated heterocycles. The predicted molar refractivity (Wildman–Crippen MR) is 186 cm³/mol. The largest absolute Gasteiger partial charge is 0.507 e. The second-order valence-corrected chi connectivity index (χ2v) is 13.2. The summed E-state index contributed by atoms with van der Waals surface area (Å²) in [5, 5.41) is 21.1. The van der Waals surface area contributed by atoms with Gasteiger partial charge < -0.3 is 19.3 Å². The second-order valence-electron chi connectivity index (χ2n) is 10.6. The van der Waals surface area contributed by atoms with Crippen molar-refractivity contribution in [3.63, 3.8) is 0 Å². The SMILES string of the molecule is CCCCCOc1ccc(C2/C(=C(\O)c3ccc(OCC)cc3)C(=O)C(=O)N2c2nnc(SCc3ccc(Cl)cc3)s2)cc1OCC. The van der Waals surface area contributed by atoms with E-state index < -0.39 is 17.7 Å². The van der Waals surface area contributed by atoms with Gasteiger partial charge in [0, 0.05) is 16.3 Å². The van der Waals surface area contributed by atoms with Crippen molar-refractivity contribution >= 4 is 57.3 Å². The van der Waals surface area contributed by atoms with Gasteiger partial charge in [-0.05, 0) is 79.9 Å². The van der Waals surface area contributed by atoms with Crippen LogP contribution in [0.1, 0.15) is 62.8 Å². The summed E-state index contributed by atoms with van der Waals surface area (Å²) in [5.74, 6) is 0.323. The fourth-order valence-electron chi connectivity index (χ4n) is 5.08. The molecule has 4 aromatic rings. The minimum Gasteiger partial charge on any atom is -0.507 e. The summed E-state index contributed by atoms with van der Waals surface area (Å²) < 4.78 is 18.1.